The summed E-state index contributed by atoms with van der Waals surface area (Å²) in [5, 5.41) is 13.0. The molecule has 0 radical (unpaired) electrons. The Morgan fingerprint density at radius 2 is 2.11 bits per heavy atom. The van der Waals surface area contributed by atoms with Crippen molar-refractivity contribution < 1.29 is 4.92 Å². The summed E-state index contributed by atoms with van der Waals surface area (Å²) in [6, 6.07) is 0. The number of hydrogen-bond acceptors (Lipinski definition) is 6. The minimum absolute atomic E-state index is 0.0794. The number of rotatable bonds is 2. The third kappa shape index (κ3) is 1.73. The molecule has 0 atom stereocenters. The number of imidazole rings is 1. The Bertz CT molecular complexity index is 584. The molecule has 1 aliphatic heterocycles. The van der Waals surface area contributed by atoms with Crippen LogP contribution in [-0.4, -0.2) is 52.4 Å². The lowest BCUT2D eigenvalue weighted by molar-refractivity contribution is -0.389. The van der Waals surface area contributed by atoms with Crippen molar-refractivity contribution in [2.24, 2.45) is 0 Å². The largest absolute Gasteiger partial charge is 0.373 e. The van der Waals surface area contributed by atoms with Crippen molar-refractivity contribution >= 4 is 27.9 Å². The van der Waals surface area contributed by atoms with Crippen molar-refractivity contribution in [3.63, 3.8) is 0 Å². The topological polar surface area (TPSA) is 66.9 Å². The second kappa shape index (κ2) is 4.21. The van der Waals surface area contributed by atoms with E-state index < -0.39 is 0 Å². The van der Waals surface area contributed by atoms with Gasteiger partial charge >= 0.3 is 5.82 Å². The normalized spacial score (nSPS) is 17.5. The van der Waals surface area contributed by atoms with Gasteiger partial charge in [0.25, 0.3) is 4.96 Å². The Kier molecular flexibility index (Phi) is 2.67. The first-order valence-electron chi connectivity index (χ1n) is 5.70. The molecule has 7 nitrogen and oxygen atoms in total. The Labute approximate surface area is 107 Å². The SMILES string of the molecule is CN1CCN(c2nc3sccn3c2[N+](=O)[O-])CC1. The summed E-state index contributed by atoms with van der Waals surface area (Å²) in [5.41, 5.74) is 0. The number of piperazine rings is 1. The average molecular weight is 267 g/mol. The molecule has 2 aromatic rings. The zero-order valence-corrected chi connectivity index (χ0v) is 10.8. The van der Waals surface area contributed by atoms with E-state index in [9.17, 15) is 10.1 Å². The van der Waals surface area contributed by atoms with Gasteiger partial charge in [0.1, 0.15) is 6.20 Å². The van der Waals surface area contributed by atoms with Crippen molar-refractivity contribution in [3.05, 3.63) is 21.7 Å². The van der Waals surface area contributed by atoms with E-state index in [4.69, 9.17) is 0 Å². The van der Waals surface area contributed by atoms with Gasteiger partial charge in [-0.25, -0.2) is 0 Å². The quantitative estimate of drug-likeness (QED) is 0.601. The van der Waals surface area contributed by atoms with Crippen molar-refractivity contribution in [1.82, 2.24) is 14.3 Å². The molecule has 96 valence electrons. The van der Waals surface area contributed by atoms with Gasteiger partial charge in [-0.2, -0.15) is 9.38 Å². The molecule has 0 saturated carbocycles. The molecule has 2 aromatic heterocycles. The molecule has 0 bridgehead atoms. The van der Waals surface area contributed by atoms with Gasteiger partial charge in [-0.3, -0.25) is 0 Å². The molecule has 1 fully saturated rings. The number of aromatic nitrogens is 2. The molecule has 0 unspecified atom stereocenters. The highest BCUT2D eigenvalue weighted by molar-refractivity contribution is 7.15. The molecule has 0 spiro atoms. The zero-order valence-electron chi connectivity index (χ0n) is 9.94. The molecule has 3 rings (SSSR count). The second-order valence-corrected chi connectivity index (χ2v) is 5.24. The molecule has 0 aliphatic carbocycles. The number of nitrogens with zero attached hydrogens (tertiary/aromatic N) is 5. The van der Waals surface area contributed by atoms with Crippen LogP contribution in [0.5, 0.6) is 0 Å². The molecule has 8 heteroatoms. The summed E-state index contributed by atoms with van der Waals surface area (Å²) < 4.78 is 1.55. The highest BCUT2D eigenvalue weighted by atomic mass is 32.1. The smallest absolute Gasteiger partial charge is 0.358 e. The van der Waals surface area contributed by atoms with Crippen LogP contribution in [0.25, 0.3) is 4.96 Å². The van der Waals surface area contributed by atoms with Crippen molar-refractivity contribution in [3.8, 4) is 0 Å². The Morgan fingerprint density at radius 1 is 1.39 bits per heavy atom. The predicted molar refractivity (Wildman–Crippen MR) is 69.4 cm³/mol. The van der Waals surface area contributed by atoms with Gasteiger partial charge in [-0.15, -0.1) is 0 Å². The number of thiazole rings is 1. The van der Waals surface area contributed by atoms with E-state index in [0.29, 0.717) is 10.8 Å². The number of fused-ring (bicyclic) bond motifs is 1. The van der Waals surface area contributed by atoms with Gasteiger partial charge in [0.05, 0.1) is 0 Å². The molecule has 1 saturated heterocycles. The van der Waals surface area contributed by atoms with Crippen LogP contribution in [0, 0.1) is 10.1 Å². The summed E-state index contributed by atoms with van der Waals surface area (Å²) in [4.78, 5) is 20.1. The van der Waals surface area contributed by atoms with Crippen molar-refractivity contribution in [2.45, 2.75) is 0 Å². The van der Waals surface area contributed by atoms with Gasteiger partial charge < -0.3 is 19.9 Å². The fourth-order valence-electron chi connectivity index (χ4n) is 2.16. The highest BCUT2D eigenvalue weighted by Gasteiger charge is 2.29. The third-order valence-corrected chi connectivity index (χ3v) is 3.95. The van der Waals surface area contributed by atoms with Gasteiger partial charge in [0.2, 0.25) is 5.82 Å². The minimum atomic E-state index is -0.347. The summed E-state index contributed by atoms with van der Waals surface area (Å²) in [6.07, 6.45) is 1.70. The minimum Gasteiger partial charge on any atom is -0.358 e. The third-order valence-electron chi connectivity index (χ3n) is 3.19. The van der Waals surface area contributed by atoms with Crippen LogP contribution in [0.4, 0.5) is 11.6 Å². The number of anilines is 1. The highest BCUT2D eigenvalue weighted by Crippen LogP contribution is 2.31. The lowest BCUT2D eigenvalue weighted by atomic mass is 10.3. The molecule has 1 aliphatic rings. The molecule has 0 aromatic carbocycles. The summed E-state index contributed by atoms with van der Waals surface area (Å²) in [7, 11) is 2.05. The first kappa shape index (κ1) is 11.4. The van der Waals surface area contributed by atoms with E-state index in [2.05, 4.69) is 16.9 Å². The number of hydrogen-bond donors (Lipinski definition) is 0. The molecular formula is C10H13N5O2S. The maximum atomic E-state index is 11.2. The van der Waals surface area contributed by atoms with Crippen LogP contribution in [-0.2, 0) is 0 Å². The Balaban J connectivity index is 2.02. The first-order chi connectivity index (χ1) is 8.66. The maximum absolute atomic E-state index is 11.2. The molecular weight excluding hydrogens is 254 g/mol. The summed E-state index contributed by atoms with van der Waals surface area (Å²) in [5.74, 6) is 0.579. The Morgan fingerprint density at radius 3 is 2.78 bits per heavy atom. The van der Waals surface area contributed by atoms with E-state index in [1.807, 2.05) is 10.3 Å². The van der Waals surface area contributed by atoms with Gasteiger partial charge in [0.15, 0.2) is 0 Å². The second-order valence-electron chi connectivity index (χ2n) is 4.36. The summed E-state index contributed by atoms with van der Waals surface area (Å²) in [6.45, 7) is 3.37. The van der Waals surface area contributed by atoms with Crippen LogP contribution >= 0.6 is 11.3 Å². The monoisotopic (exact) mass is 267 g/mol. The van der Waals surface area contributed by atoms with Crippen LogP contribution in [0.2, 0.25) is 0 Å². The molecule has 3 heterocycles. The standard InChI is InChI=1S/C10H13N5O2S/c1-12-2-4-13(5-3-12)8-9(15(16)17)14-6-7-18-10(14)11-8/h6-7H,2-5H2,1H3. The van der Waals surface area contributed by atoms with Crippen molar-refractivity contribution in [2.75, 3.05) is 38.1 Å². The lowest BCUT2D eigenvalue weighted by Crippen LogP contribution is -2.44. The fraction of sp³-hybridized carbons (Fsp3) is 0.500. The maximum Gasteiger partial charge on any atom is 0.373 e. The predicted octanol–water partition coefficient (Wildman–Crippen LogP) is 1.06. The molecule has 0 amide bonds. The van der Waals surface area contributed by atoms with E-state index >= 15 is 0 Å². The van der Waals surface area contributed by atoms with Gasteiger partial charge in [-0.05, 0) is 12.0 Å². The molecule has 18 heavy (non-hydrogen) atoms. The van der Waals surface area contributed by atoms with Crippen molar-refractivity contribution in [1.29, 1.82) is 0 Å². The van der Waals surface area contributed by atoms with E-state index in [0.717, 1.165) is 26.2 Å². The van der Waals surface area contributed by atoms with E-state index in [1.165, 1.54) is 11.3 Å². The fourth-order valence-corrected chi connectivity index (χ4v) is 2.87. The Hall–Kier alpha value is -1.67. The van der Waals surface area contributed by atoms with Crippen LogP contribution in [0.1, 0.15) is 0 Å². The van der Waals surface area contributed by atoms with Crippen LogP contribution in [0.3, 0.4) is 0 Å². The van der Waals surface area contributed by atoms with E-state index in [-0.39, 0.29) is 10.7 Å². The zero-order chi connectivity index (χ0) is 12.7. The lowest BCUT2D eigenvalue weighted by Gasteiger charge is -2.31. The first-order valence-corrected chi connectivity index (χ1v) is 6.58. The molecule has 0 N–H and O–H groups in total. The van der Waals surface area contributed by atoms with Crippen LogP contribution in [0.15, 0.2) is 11.6 Å². The summed E-state index contributed by atoms with van der Waals surface area (Å²) >= 11 is 1.41. The van der Waals surface area contributed by atoms with E-state index in [1.54, 1.807) is 10.6 Å². The van der Waals surface area contributed by atoms with Gasteiger partial charge in [-0.1, -0.05) is 11.3 Å². The van der Waals surface area contributed by atoms with Gasteiger partial charge in [0, 0.05) is 31.6 Å². The average Bonchev–Trinajstić information content (AvgIpc) is 2.88. The number of nitro groups is 1. The van der Waals surface area contributed by atoms with Crippen LogP contribution < -0.4 is 4.90 Å². The number of likely N-dealkylation sites (N-methyl/N-ethyl adjacent to an activating group) is 1.